The number of carboxylic acids is 1. The monoisotopic (exact) mass is 443 g/mol. The number of carbonyl (C=O) groups is 2. The van der Waals surface area contributed by atoms with Crippen LogP contribution in [0.3, 0.4) is 0 Å². The largest absolute Gasteiger partial charge is 0.486 e. The van der Waals surface area contributed by atoms with Crippen molar-refractivity contribution in [3.8, 4) is 5.75 Å². The van der Waals surface area contributed by atoms with Crippen molar-refractivity contribution in [1.29, 1.82) is 0 Å². The number of H-pyrrole nitrogens is 1. The highest BCUT2D eigenvalue weighted by Crippen LogP contribution is 2.32. The maximum absolute atomic E-state index is 12.9. The van der Waals surface area contributed by atoms with E-state index in [-0.39, 0.29) is 24.1 Å². The van der Waals surface area contributed by atoms with Gasteiger partial charge in [0.25, 0.3) is 11.5 Å². The van der Waals surface area contributed by atoms with Gasteiger partial charge in [-0.2, -0.15) is 0 Å². The predicted molar refractivity (Wildman–Crippen MR) is 118 cm³/mol. The Bertz CT molecular complexity index is 1050. The smallest absolute Gasteiger partial charge is 0.329 e. The number of hydrogen-bond donors (Lipinski definition) is 3. The molecule has 1 aromatic heterocycles. The summed E-state index contributed by atoms with van der Waals surface area (Å²) in [6.07, 6.45) is 4.84. The van der Waals surface area contributed by atoms with Crippen LogP contribution in [0.5, 0.6) is 5.75 Å². The number of rotatable bonds is 9. The Kier molecular flexibility index (Phi) is 7.86. The number of nitrogens with zero attached hydrogens (tertiary/aromatic N) is 1. The third-order valence-electron chi connectivity index (χ3n) is 5.74. The second-order valence-corrected chi connectivity index (χ2v) is 8.05. The summed E-state index contributed by atoms with van der Waals surface area (Å²) >= 11 is 0. The molecular formula is C23H29N3O6. The van der Waals surface area contributed by atoms with Crippen LogP contribution in [-0.4, -0.2) is 39.2 Å². The van der Waals surface area contributed by atoms with Crippen LogP contribution in [0, 0.1) is 0 Å². The van der Waals surface area contributed by atoms with Crippen molar-refractivity contribution >= 4 is 11.9 Å². The molecule has 9 heteroatoms. The molecule has 2 aromatic rings. The molecule has 0 atom stereocenters. The third-order valence-corrected chi connectivity index (χ3v) is 5.74. The number of aliphatic carboxylic acids is 1. The van der Waals surface area contributed by atoms with Crippen LogP contribution >= 0.6 is 0 Å². The van der Waals surface area contributed by atoms with Crippen molar-refractivity contribution in [3.63, 3.8) is 0 Å². The van der Waals surface area contributed by atoms with E-state index < -0.39 is 29.7 Å². The van der Waals surface area contributed by atoms with E-state index in [1.165, 1.54) is 5.56 Å². The van der Waals surface area contributed by atoms with Crippen molar-refractivity contribution in [2.75, 3.05) is 6.61 Å². The van der Waals surface area contributed by atoms with Gasteiger partial charge in [0, 0.05) is 6.04 Å². The molecule has 1 aromatic carbocycles. The summed E-state index contributed by atoms with van der Waals surface area (Å²) in [5.74, 6) is -1.83. The average molecular weight is 444 g/mol. The Morgan fingerprint density at radius 2 is 1.84 bits per heavy atom. The first kappa shape index (κ1) is 23.3. The zero-order valence-electron chi connectivity index (χ0n) is 18.1. The van der Waals surface area contributed by atoms with E-state index in [1.54, 1.807) is 0 Å². The van der Waals surface area contributed by atoms with E-state index >= 15 is 0 Å². The van der Waals surface area contributed by atoms with E-state index in [0.717, 1.165) is 32.1 Å². The van der Waals surface area contributed by atoms with Gasteiger partial charge < -0.3 is 15.2 Å². The molecule has 0 radical (unpaired) electrons. The molecule has 0 aliphatic heterocycles. The fourth-order valence-corrected chi connectivity index (χ4v) is 4.00. The highest BCUT2D eigenvalue weighted by Gasteiger charge is 2.27. The number of ether oxygens (including phenoxy) is 1. The van der Waals surface area contributed by atoms with Crippen LogP contribution in [0.1, 0.15) is 67.4 Å². The normalized spacial score (nSPS) is 18.2. The van der Waals surface area contributed by atoms with Gasteiger partial charge in [0.05, 0.1) is 6.61 Å². The molecule has 1 aliphatic rings. The molecule has 3 N–H and O–H groups in total. The van der Waals surface area contributed by atoms with Crippen LogP contribution in [0.2, 0.25) is 0 Å². The molecule has 1 fully saturated rings. The number of amides is 1. The summed E-state index contributed by atoms with van der Waals surface area (Å²) in [6.45, 7) is 1.30. The lowest BCUT2D eigenvalue weighted by atomic mass is 9.82. The molecule has 1 saturated carbocycles. The summed E-state index contributed by atoms with van der Waals surface area (Å²) in [7, 11) is 0. The van der Waals surface area contributed by atoms with Crippen molar-refractivity contribution in [3.05, 3.63) is 62.4 Å². The van der Waals surface area contributed by atoms with Crippen molar-refractivity contribution < 1.29 is 19.4 Å². The average Bonchev–Trinajstić information content (AvgIpc) is 2.79. The summed E-state index contributed by atoms with van der Waals surface area (Å²) < 4.78 is 6.03. The molecule has 9 nitrogen and oxygen atoms in total. The molecule has 1 heterocycles. The summed E-state index contributed by atoms with van der Waals surface area (Å²) in [4.78, 5) is 51.3. The van der Waals surface area contributed by atoms with Gasteiger partial charge in [-0.1, -0.05) is 43.7 Å². The lowest BCUT2D eigenvalue weighted by Gasteiger charge is -2.29. The van der Waals surface area contributed by atoms with Gasteiger partial charge in [-0.05, 0) is 43.6 Å². The molecule has 3 rings (SSSR count). The Hall–Kier alpha value is -3.36. The van der Waals surface area contributed by atoms with Crippen LogP contribution in [0.15, 0.2) is 39.9 Å². The fraction of sp³-hybridized carbons (Fsp3) is 0.478. The Morgan fingerprint density at radius 1 is 1.16 bits per heavy atom. The number of nitrogens with one attached hydrogen (secondary N) is 2. The quantitative estimate of drug-likeness (QED) is 0.510. The van der Waals surface area contributed by atoms with E-state index in [9.17, 15) is 19.2 Å². The Labute approximate surface area is 185 Å². The summed E-state index contributed by atoms with van der Waals surface area (Å²) in [5, 5.41) is 11.9. The lowest BCUT2D eigenvalue weighted by Crippen LogP contribution is -2.43. The first-order valence-electron chi connectivity index (χ1n) is 11.0. The molecule has 0 unspecified atom stereocenters. The summed E-state index contributed by atoms with van der Waals surface area (Å²) in [5.41, 5.74) is -0.860. The van der Waals surface area contributed by atoms with Crippen molar-refractivity contribution in [2.24, 2.45) is 0 Å². The maximum Gasteiger partial charge on any atom is 0.329 e. The lowest BCUT2D eigenvalue weighted by molar-refractivity contribution is -0.137. The maximum atomic E-state index is 12.9. The first-order valence-corrected chi connectivity index (χ1v) is 11.0. The second-order valence-electron chi connectivity index (χ2n) is 8.05. The molecule has 0 bridgehead atoms. The van der Waals surface area contributed by atoms with E-state index in [0.29, 0.717) is 16.9 Å². The minimum absolute atomic E-state index is 0.0871. The molecule has 1 aliphatic carbocycles. The molecule has 32 heavy (non-hydrogen) atoms. The van der Waals surface area contributed by atoms with E-state index in [1.807, 2.05) is 25.1 Å². The number of unbranched alkanes of at least 4 members (excludes halogenated alkanes) is 1. The van der Waals surface area contributed by atoms with Gasteiger partial charge in [0.1, 0.15) is 6.54 Å². The fourth-order valence-electron chi connectivity index (χ4n) is 4.00. The number of benzene rings is 1. The van der Waals surface area contributed by atoms with Crippen LogP contribution in [0.4, 0.5) is 0 Å². The zero-order chi connectivity index (χ0) is 23.1. The topological polar surface area (TPSA) is 130 Å². The van der Waals surface area contributed by atoms with E-state index in [4.69, 9.17) is 9.84 Å². The summed E-state index contributed by atoms with van der Waals surface area (Å²) in [6, 6.07) is 10.2. The number of hydrogen-bond acceptors (Lipinski definition) is 5. The Morgan fingerprint density at radius 3 is 2.47 bits per heavy atom. The van der Waals surface area contributed by atoms with Crippen LogP contribution in [0.25, 0.3) is 0 Å². The highest BCUT2D eigenvalue weighted by molar-refractivity contribution is 5.95. The standard InChI is InChI=1S/C23H29N3O6/c1-2-3-13-32-20-19(25-23(31)26(22(20)30)14-18(27)28)21(29)24-17-11-9-16(10-12-17)15-7-5-4-6-8-15/h4-8,16-17H,2-3,9-14H2,1H3,(H,24,29)(H,25,31)(H,27,28). The van der Waals surface area contributed by atoms with Crippen LogP contribution in [-0.2, 0) is 11.3 Å². The first-order chi connectivity index (χ1) is 15.4. The molecule has 172 valence electrons. The SMILES string of the molecule is CCCCOc1c(C(=O)NC2CCC(c3ccccc3)CC2)[nH]c(=O)n(CC(=O)O)c1=O. The van der Waals surface area contributed by atoms with Gasteiger partial charge in [-0.25, -0.2) is 9.36 Å². The molecule has 0 saturated heterocycles. The van der Waals surface area contributed by atoms with Gasteiger partial charge in [0.2, 0.25) is 5.75 Å². The van der Waals surface area contributed by atoms with Crippen LogP contribution < -0.4 is 21.3 Å². The number of aromatic nitrogens is 2. The Balaban J connectivity index is 1.75. The number of carbonyl (C=O) groups excluding carboxylic acids is 1. The highest BCUT2D eigenvalue weighted by atomic mass is 16.5. The predicted octanol–water partition coefficient (Wildman–Crippen LogP) is 2.26. The minimum atomic E-state index is -1.34. The molecule has 0 spiro atoms. The number of aromatic amines is 1. The van der Waals surface area contributed by atoms with Gasteiger partial charge >= 0.3 is 11.7 Å². The van der Waals surface area contributed by atoms with Gasteiger partial charge in [-0.3, -0.25) is 19.4 Å². The van der Waals surface area contributed by atoms with Crippen molar-refractivity contribution in [2.45, 2.75) is 64.0 Å². The molecule has 1 amide bonds. The third kappa shape index (κ3) is 5.66. The second kappa shape index (κ2) is 10.8. The van der Waals surface area contributed by atoms with Gasteiger partial charge in [0.15, 0.2) is 5.69 Å². The number of carboxylic acid groups (broad SMARTS) is 1. The van der Waals surface area contributed by atoms with Crippen molar-refractivity contribution in [1.82, 2.24) is 14.9 Å². The minimum Gasteiger partial charge on any atom is -0.486 e. The zero-order valence-corrected chi connectivity index (χ0v) is 18.1. The van der Waals surface area contributed by atoms with Gasteiger partial charge in [-0.15, -0.1) is 0 Å². The van der Waals surface area contributed by atoms with E-state index in [2.05, 4.69) is 22.4 Å². The molecular weight excluding hydrogens is 414 g/mol.